The van der Waals surface area contributed by atoms with Crippen LogP contribution in [-0.2, 0) is 0 Å². The van der Waals surface area contributed by atoms with Gasteiger partial charge in [0.25, 0.3) is 0 Å². The number of para-hydroxylation sites is 2. The fourth-order valence-electron chi connectivity index (χ4n) is 4.24. The zero-order valence-corrected chi connectivity index (χ0v) is 20.4. The van der Waals surface area contributed by atoms with Crippen LogP contribution < -0.4 is 18.6 Å². The number of hydrogen-bond acceptors (Lipinski definition) is 5. The van der Waals surface area contributed by atoms with Crippen molar-refractivity contribution in [3.8, 4) is 0 Å². The summed E-state index contributed by atoms with van der Waals surface area (Å²) < 4.78 is 40.1. The highest BCUT2D eigenvalue weighted by Gasteiger charge is 2.20. The minimum absolute atomic E-state index is 0.901. The van der Waals surface area contributed by atoms with Gasteiger partial charge >= 0.3 is 11.2 Å². The molecule has 0 spiro atoms. The third kappa shape index (κ3) is 5.34. The SMILES string of the molecule is C(/C=C/c1c2ccccc2[o+]c2ccccc12)=C1c2ccccc2Sc2ccccc21.[O-][Cl+3]([O-])([O-])[O-]. The summed E-state index contributed by atoms with van der Waals surface area (Å²) in [4.78, 5) is 2.60. The van der Waals surface area contributed by atoms with Gasteiger partial charge in [0, 0.05) is 27.5 Å². The lowest BCUT2D eigenvalue weighted by molar-refractivity contribution is -2.00. The maximum atomic E-state index is 8.49. The van der Waals surface area contributed by atoms with E-state index in [9.17, 15) is 0 Å². The first-order chi connectivity index (χ1) is 17.4. The first-order valence-corrected chi connectivity index (χ1v) is 13.0. The van der Waals surface area contributed by atoms with Gasteiger partial charge in [-0.15, -0.1) is 10.2 Å². The highest BCUT2D eigenvalue weighted by molar-refractivity contribution is 7.99. The zero-order valence-electron chi connectivity index (χ0n) is 18.8. The van der Waals surface area contributed by atoms with Crippen molar-refractivity contribution < 1.29 is 33.3 Å². The van der Waals surface area contributed by atoms with E-state index >= 15 is 0 Å². The Labute approximate surface area is 214 Å². The van der Waals surface area contributed by atoms with Crippen LogP contribution in [0.25, 0.3) is 33.6 Å². The summed E-state index contributed by atoms with van der Waals surface area (Å²) in [7, 11) is -4.94. The number of allylic oxidation sites excluding steroid dienone is 2. The Hall–Kier alpha value is -3.49. The molecule has 7 heteroatoms. The summed E-state index contributed by atoms with van der Waals surface area (Å²) >= 11 is 1.84. The fraction of sp³-hybridized carbons (Fsp3) is 0. The Morgan fingerprint density at radius 3 is 1.58 bits per heavy atom. The third-order valence-corrected chi connectivity index (χ3v) is 6.83. The van der Waals surface area contributed by atoms with E-state index in [1.54, 1.807) is 0 Å². The average molecular weight is 515 g/mol. The zero-order chi connectivity index (χ0) is 25.1. The number of fused-ring (bicyclic) bond motifs is 4. The molecule has 1 aliphatic heterocycles. The van der Waals surface area contributed by atoms with E-state index in [4.69, 9.17) is 23.1 Å². The van der Waals surface area contributed by atoms with Crippen LogP contribution in [0.5, 0.6) is 0 Å². The Morgan fingerprint density at radius 2 is 1.06 bits per heavy atom. The molecule has 2 heterocycles. The normalized spacial score (nSPS) is 12.7. The second kappa shape index (κ2) is 10.2. The van der Waals surface area contributed by atoms with Crippen molar-refractivity contribution in [1.82, 2.24) is 0 Å². The molecule has 0 bridgehead atoms. The molecule has 1 aromatic heterocycles. The minimum atomic E-state index is -4.94. The number of benzene rings is 4. The van der Waals surface area contributed by atoms with Gasteiger partial charge in [0.05, 0.1) is 10.8 Å². The lowest BCUT2D eigenvalue weighted by Crippen LogP contribution is -2.68. The minimum Gasteiger partial charge on any atom is -0.222 e. The number of hydrogen-bond donors (Lipinski definition) is 0. The van der Waals surface area contributed by atoms with Crippen molar-refractivity contribution >= 4 is 45.3 Å². The van der Waals surface area contributed by atoms with Crippen molar-refractivity contribution in [1.29, 1.82) is 0 Å². The van der Waals surface area contributed by atoms with Crippen LogP contribution >= 0.6 is 11.8 Å². The fourth-order valence-corrected chi connectivity index (χ4v) is 5.35. The van der Waals surface area contributed by atoms with E-state index in [2.05, 4.69) is 91.0 Å². The second-order valence-corrected chi connectivity index (χ2v) is 9.76. The van der Waals surface area contributed by atoms with Crippen LogP contribution in [0.1, 0.15) is 16.7 Å². The predicted molar refractivity (Wildman–Crippen MR) is 131 cm³/mol. The molecule has 0 saturated heterocycles. The van der Waals surface area contributed by atoms with Gasteiger partial charge in [-0.2, -0.15) is 0 Å². The molecule has 178 valence electrons. The summed E-state index contributed by atoms with van der Waals surface area (Å²) in [5.74, 6) is 0. The molecule has 0 N–H and O–H groups in total. The molecular formula is C29H19ClO5S. The van der Waals surface area contributed by atoms with Gasteiger partial charge in [-0.3, -0.25) is 0 Å². The summed E-state index contributed by atoms with van der Waals surface area (Å²) in [6.45, 7) is 0. The molecule has 1 aliphatic rings. The molecule has 0 atom stereocenters. The molecule has 6 rings (SSSR count). The molecule has 0 fully saturated rings. The molecule has 0 saturated carbocycles. The Kier molecular flexibility index (Phi) is 6.89. The molecule has 36 heavy (non-hydrogen) atoms. The monoisotopic (exact) mass is 514 g/mol. The molecule has 4 aromatic carbocycles. The highest BCUT2D eigenvalue weighted by atomic mass is 35.7. The van der Waals surface area contributed by atoms with Gasteiger partial charge in [-0.1, -0.05) is 90.7 Å². The average Bonchev–Trinajstić information content (AvgIpc) is 2.87. The van der Waals surface area contributed by atoms with Crippen molar-refractivity contribution in [3.63, 3.8) is 0 Å². The van der Waals surface area contributed by atoms with E-state index in [1.807, 2.05) is 36.0 Å². The quantitative estimate of drug-likeness (QED) is 0.258. The van der Waals surface area contributed by atoms with Gasteiger partial charge in [0.2, 0.25) is 0 Å². The maximum absolute atomic E-state index is 8.49. The van der Waals surface area contributed by atoms with Crippen molar-refractivity contribution in [3.05, 3.63) is 126 Å². The standard InChI is InChI=1S/C29H19OS.ClHO4/c1-5-16-26-22(10-1)20(23-11-2-6-17-27(23)30-26)14-9-15-21-24-12-3-7-18-28(24)31-29-19-8-4-13-25(21)29;2-1(3,4)5/h1-19H;(H,2,3,4,5)/q+1;/p-1/b14-9+;. The second-order valence-electron chi connectivity index (χ2n) is 7.92. The van der Waals surface area contributed by atoms with Crippen LogP contribution in [0, 0.1) is 10.2 Å². The van der Waals surface area contributed by atoms with E-state index in [1.165, 1.54) is 32.1 Å². The molecule has 0 aliphatic carbocycles. The Bertz CT molecular complexity index is 1510. The largest absolute Gasteiger partial charge is 0.361 e. The first-order valence-electron chi connectivity index (χ1n) is 11.0. The van der Waals surface area contributed by atoms with E-state index in [0.717, 1.165) is 21.9 Å². The van der Waals surface area contributed by atoms with Crippen LogP contribution in [0.4, 0.5) is 0 Å². The van der Waals surface area contributed by atoms with Gasteiger partial charge in [0.1, 0.15) is 0 Å². The highest BCUT2D eigenvalue weighted by Crippen LogP contribution is 2.45. The van der Waals surface area contributed by atoms with E-state index in [-0.39, 0.29) is 0 Å². The summed E-state index contributed by atoms with van der Waals surface area (Å²) in [6.07, 6.45) is 6.62. The smallest absolute Gasteiger partial charge is 0.222 e. The molecule has 0 radical (unpaired) electrons. The first kappa shape index (κ1) is 24.2. The summed E-state index contributed by atoms with van der Waals surface area (Å²) in [5.41, 5.74) is 6.82. The Balaban J connectivity index is 0.000000489. The van der Waals surface area contributed by atoms with Gasteiger partial charge in [-0.25, -0.2) is 23.1 Å². The topological polar surface area (TPSA) is 104 Å². The van der Waals surface area contributed by atoms with Gasteiger partial charge < -0.3 is 0 Å². The lowest BCUT2D eigenvalue weighted by atomic mass is 9.96. The number of rotatable bonds is 2. The molecule has 0 unspecified atom stereocenters. The summed E-state index contributed by atoms with van der Waals surface area (Å²) in [5, 5.41) is 2.24. The van der Waals surface area contributed by atoms with Crippen LogP contribution in [0.2, 0.25) is 0 Å². The lowest BCUT2D eigenvalue weighted by Gasteiger charge is -2.21. The van der Waals surface area contributed by atoms with E-state index < -0.39 is 10.2 Å². The molecule has 0 amide bonds. The van der Waals surface area contributed by atoms with Crippen molar-refractivity contribution in [2.45, 2.75) is 9.79 Å². The Morgan fingerprint density at radius 1 is 0.611 bits per heavy atom. The van der Waals surface area contributed by atoms with Crippen LogP contribution in [-0.4, -0.2) is 0 Å². The van der Waals surface area contributed by atoms with E-state index in [0.29, 0.717) is 0 Å². The van der Waals surface area contributed by atoms with Crippen LogP contribution in [0.15, 0.2) is 123 Å². The molecule has 5 nitrogen and oxygen atoms in total. The third-order valence-electron chi connectivity index (χ3n) is 5.67. The van der Waals surface area contributed by atoms with Gasteiger partial charge in [-0.05, 0) is 41.0 Å². The van der Waals surface area contributed by atoms with Crippen molar-refractivity contribution in [2.24, 2.45) is 0 Å². The number of halogens is 1. The molecule has 5 aromatic rings. The van der Waals surface area contributed by atoms with Crippen LogP contribution in [0.3, 0.4) is 0 Å². The van der Waals surface area contributed by atoms with Gasteiger partial charge in [0.15, 0.2) is 0 Å². The molecular weight excluding hydrogens is 496 g/mol. The summed E-state index contributed by atoms with van der Waals surface area (Å²) in [6, 6.07) is 33.8. The maximum Gasteiger partial charge on any atom is 0.361 e. The van der Waals surface area contributed by atoms with Crippen molar-refractivity contribution in [2.75, 3.05) is 0 Å². The predicted octanol–water partition coefficient (Wildman–Crippen LogP) is 3.72.